The number of aryl methyl sites for hydroxylation is 2. The van der Waals surface area contributed by atoms with Crippen LogP contribution in [0.15, 0.2) is 66.0 Å². The highest BCUT2D eigenvalue weighted by atomic mass is 16.1. The molecule has 6 nitrogen and oxygen atoms in total. The van der Waals surface area contributed by atoms with E-state index in [2.05, 4.69) is 20.1 Å². The van der Waals surface area contributed by atoms with Crippen LogP contribution in [0.3, 0.4) is 0 Å². The Morgan fingerprint density at radius 2 is 1.92 bits per heavy atom. The highest BCUT2D eigenvalue weighted by Gasteiger charge is 2.06. The predicted molar refractivity (Wildman–Crippen MR) is 91.5 cm³/mol. The maximum Gasteiger partial charge on any atom is 0.258 e. The van der Waals surface area contributed by atoms with Gasteiger partial charge >= 0.3 is 0 Å². The third-order valence-electron chi connectivity index (χ3n) is 3.91. The Kier molecular flexibility index (Phi) is 3.63. The molecule has 2 aromatic heterocycles. The molecule has 0 aliphatic carbocycles. The van der Waals surface area contributed by atoms with Crippen LogP contribution in [0.5, 0.6) is 0 Å². The summed E-state index contributed by atoms with van der Waals surface area (Å²) in [4.78, 5) is 23.7. The van der Waals surface area contributed by atoms with Gasteiger partial charge in [-0.25, -0.2) is 9.97 Å². The lowest BCUT2D eigenvalue weighted by Gasteiger charge is -2.06. The van der Waals surface area contributed by atoms with Crippen LogP contribution in [0.4, 0.5) is 0 Å². The van der Waals surface area contributed by atoms with Crippen molar-refractivity contribution in [1.82, 2.24) is 24.7 Å². The Morgan fingerprint density at radius 3 is 2.71 bits per heavy atom. The summed E-state index contributed by atoms with van der Waals surface area (Å²) >= 11 is 0. The van der Waals surface area contributed by atoms with Crippen LogP contribution >= 0.6 is 0 Å². The second-order valence-electron chi connectivity index (χ2n) is 5.52. The molecule has 118 valence electrons. The van der Waals surface area contributed by atoms with Crippen molar-refractivity contribution in [1.29, 1.82) is 0 Å². The third-order valence-corrected chi connectivity index (χ3v) is 3.91. The topological polar surface area (TPSA) is 76.5 Å². The zero-order valence-corrected chi connectivity index (χ0v) is 12.9. The normalized spacial score (nSPS) is 11.0. The first kappa shape index (κ1) is 14.3. The minimum absolute atomic E-state index is 0.119. The molecule has 24 heavy (non-hydrogen) atoms. The molecule has 6 heteroatoms. The molecule has 0 unspecified atom stereocenters. The molecule has 0 aliphatic heterocycles. The van der Waals surface area contributed by atoms with Crippen molar-refractivity contribution in [3.63, 3.8) is 0 Å². The highest BCUT2D eigenvalue weighted by Crippen LogP contribution is 2.21. The van der Waals surface area contributed by atoms with Crippen LogP contribution in [0, 0.1) is 0 Å². The quantitative estimate of drug-likeness (QED) is 0.627. The molecule has 0 spiro atoms. The Labute approximate surface area is 137 Å². The molecule has 0 saturated carbocycles. The van der Waals surface area contributed by atoms with Gasteiger partial charge in [0.25, 0.3) is 5.56 Å². The average molecular weight is 317 g/mol. The largest absolute Gasteiger partial charge is 0.310 e. The van der Waals surface area contributed by atoms with Crippen molar-refractivity contribution < 1.29 is 0 Å². The van der Waals surface area contributed by atoms with Crippen LogP contribution in [-0.4, -0.2) is 24.7 Å². The molecule has 0 amide bonds. The molecule has 1 N–H and O–H groups in total. The van der Waals surface area contributed by atoms with E-state index >= 15 is 0 Å². The first-order valence-corrected chi connectivity index (χ1v) is 7.70. The van der Waals surface area contributed by atoms with E-state index in [1.807, 2.05) is 48.5 Å². The summed E-state index contributed by atoms with van der Waals surface area (Å²) in [7, 11) is 0. The van der Waals surface area contributed by atoms with Crippen LogP contribution in [-0.2, 0) is 13.0 Å². The molecule has 2 aromatic carbocycles. The third kappa shape index (κ3) is 2.81. The summed E-state index contributed by atoms with van der Waals surface area (Å²) in [5.41, 5.74) is 2.67. The molecular weight excluding hydrogens is 302 g/mol. The van der Waals surface area contributed by atoms with Crippen LogP contribution in [0.25, 0.3) is 22.0 Å². The number of aromatic amines is 1. The number of fused-ring (bicyclic) bond motifs is 1. The van der Waals surface area contributed by atoms with Gasteiger partial charge in [0.05, 0.1) is 10.9 Å². The summed E-state index contributed by atoms with van der Waals surface area (Å²) in [5.74, 6) is 0.649. The van der Waals surface area contributed by atoms with Crippen molar-refractivity contribution in [2.45, 2.75) is 13.0 Å². The van der Waals surface area contributed by atoms with E-state index in [9.17, 15) is 4.79 Å². The lowest BCUT2D eigenvalue weighted by Crippen LogP contribution is -2.14. The van der Waals surface area contributed by atoms with Gasteiger partial charge in [-0.2, -0.15) is 5.10 Å². The van der Waals surface area contributed by atoms with Crippen molar-refractivity contribution in [3.8, 4) is 11.1 Å². The summed E-state index contributed by atoms with van der Waals surface area (Å²) in [6.07, 6.45) is 3.72. The van der Waals surface area contributed by atoms with Crippen molar-refractivity contribution in [3.05, 3.63) is 77.4 Å². The first-order chi connectivity index (χ1) is 11.8. The van der Waals surface area contributed by atoms with Gasteiger partial charge in [-0.05, 0) is 23.3 Å². The van der Waals surface area contributed by atoms with Crippen molar-refractivity contribution >= 4 is 10.9 Å². The van der Waals surface area contributed by atoms with Gasteiger partial charge in [-0.3, -0.25) is 9.48 Å². The number of benzene rings is 2. The minimum Gasteiger partial charge on any atom is -0.310 e. The van der Waals surface area contributed by atoms with Gasteiger partial charge in [-0.1, -0.05) is 36.4 Å². The van der Waals surface area contributed by atoms with Gasteiger partial charge < -0.3 is 4.98 Å². The van der Waals surface area contributed by atoms with Crippen LogP contribution < -0.4 is 5.56 Å². The molecular formula is C18H15N5O. The number of nitrogens with one attached hydrogen (secondary N) is 1. The predicted octanol–water partition coefficient (Wildman–Crippen LogP) is 2.42. The second kappa shape index (κ2) is 6.08. The summed E-state index contributed by atoms with van der Waals surface area (Å²) in [5, 5.41) is 4.65. The van der Waals surface area contributed by atoms with Gasteiger partial charge in [0.1, 0.15) is 18.5 Å². The van der Waals surface area contributed by atoms with E-state index in [-0.39, 0.29) is 5.56 Å². The Balaban J connectivity index is 1.68. The number of aromatic nitrogens is 5. The maximum atomic E-state index is 12.4. The lowest BCUT2D eigenvalue weighted by atomic mass is 10.0. The molecule has 2 heterocycles. The van der Waals surface area contributed by atoms with Crippen LogP contribution in [0.1, 0.15) is 5.82 Å². The molecule has 0 saturated heterocycles. The monoisotopic (exact) mass is 317 g/mol. The van der Waals surface area contributed by atoms with E-state index in [0.29, 0.717) is 29.7 Å². The average Bonchev–Trinajstić information content (AvgIpc) is 3.14. The standard InChI is InChI=1S/C18H15N5O/c24-18-15-10-14(13-4-2-1-3-5-13)6-7-16(15)21-17(22-18)8-9-23-12-19-11-20-23/h1-7,10-12H,8-9H2,(H,21,22,24). The highest BCUT2D eigenvalue weighted by molar-refractivity contribution is 5.83. The SMILES string of the molecule is O=c1[nH]c(CCn2cncn2)nc2ccc(-c3ccccc3)cc12. The second-order valence-corrected chi connectivity index (χ2v) is 5.52. The minimum atomic E-state index is -0.119. The molecule has 0 bridgehead atoms. The molecule has 0 aliphatic rings. The molecule has 4 rings (SSSR count). The van der Waals surface area contributed by atoms with E-state index in [4.69, 9.17) is 0 Å². The van der Waals surface area contributed by atoms with Crippen LogP contribution in [0.2, 0.25) is 0 Å². The molecule has 4 aromatic rings. The fourth-order valence-electron chi connectivity index (χ4n) is 2.68. The number of hydrogen-bond acceptors (Lipinski definition) is 4. The van der Waals surface area contributed by atoms with Gasteiger partial charge in [0.15, 0.2) is 0 Å². The molecule has 0 radical (unpaired) electrons. The first-order valence-electron chi connectivity index (χ1n) is 7.70. The zero-order chi connectivity index (χ0) is 16.4. The summed E-state index contributed by atoms with van der Waals surface area (Å²) in [6, 6.07) is 15.8. The summed E-state index contributed by atoms with van der Waals surface area (Å²) < 4.78 is 1.71. The van der Waals surface area contributed by atoms with Gasteiger partial charge in [-0.15, -0.1) is 0 Å². The number of rotatable bonds is 4. The lowest BCUT2D eigenvalue weighted by molar-refractivity contribution is 0.599. The van der Waals surface area contributed by atoms with Gasteiger partial charge in [0, 0.05) is 13.0 Å². The number of H-pyrrole nitrogens is 1. The van der Waals surface area contributed by atoms with E-state index in [1.165, 1.54) is 6.33 Å². The van der Waals surface area contributed by atoms with E-state index < -0.39 is 0 Å². The zero-order valence-electron chi connectivity index (χ0n) is 12.9. The maximum absolute atomic E-state index is 12.4. The van der Waals surface area contributed by atoms with Crippen molar-refractivity contribution in [2.24, 2.45) is 0 Å². The fraction of sp³-hybridized carbons (Fsp3) is 0.111. The van der Waals surface area contributed by atoms with Gasteiger partial charge in [0.2, 0.25) is 0 Å². The number of hydrogen-bond donors (Lipinski definition) is 1. The van der Waals surface area contributed by atoms with Crippen molar-refractivity contribution in [2.75, 3.05) is 0 Å². The Morgan fingerprint density at radius 1 is 1.04 bits per heavy atom. The van der Waals surface area contributed by atoms with E-state index in [1.54, 1.807) is 11.0 Å². The van der Waals surface area contributed by atoms with E-state index in [0.717, 1.165) is 11.1 Å². The Hall–Kier alpha value is -3.28. The summed E-state index contributed by atoms with van der Waals surface area (Å²) in [6.45, 7) is 0.622. The number of nitrogens with zero attached hydrogens (tertiary/aromatic N) is 4. The molecule has 0 atom stereocenters. The smallest absolute Gasteiger partial charge is 0.258 e. The Bertz CT molecular complexity index is 1020. The molecule has 0 fully saturated rings. The fourth-order valence-corrected chi connectivity index (χ4v) is 2.68.